The lowest BCUT2D eigenvalue weighted by atomic mass is 10.1. The summed E-state index contributed by atoms with van der Waals surface area (Å²) in [7, 11) is 4.16. The minimum atomic E-state index is 0.242. The second-order valence-corrected chi connectivity index (χ2v) is 5.44. The van der Waals surface area contributed by atoms with Gasteiger partial charge in [0.25, 0.3) is 0 Å². The van der Waals surface area contributed by atoms with Crippen molar-refractivity contribution in [2.75, 3.05) is 19.4 Å². The average Bonchev–Trinajstić information content (AvgIpc) is 2.81. The third kappa shape index (κ3) is 3.55. The largest absolute Gasteiger partial charge is 0.377 e. The Balaban J connectivity index is 2.05. The molecule has 96 valence electrons. The topological polar surface area (TPSA) is 28.2 Å². The van der Waals surface area contributed by atoms with Gasteiger partial charge < -0.3 is 10.2 Å². The Labute approximate surface area is 112 Å². The first-order valence-electron chi connectivity index (χ1n) is 6.03. The molecule has 1 heterocycles. The predicted molar refractivity (Wildman–Crippen MR) is 78.0 cm³/mol. The van der Waals surface area contributed by atoms with Gasteiger partial charge in [0, 0.05) is 17.6 Å². The molecular formula is C14H19N3S. The van der Waals surface area contributed by atoms with Crippen LogP contribution in [0.25, 0.3) is 0 Å². The van der Waals surface area contributed by atoms with Crippen molar-refractivity contribution in [1.82, 2.24) is 9.88 Å². The van der Waals surface area contributed by atoms with Crippen molar-refractivity contribution >= 4 is 17.0 Å². The van der Waals surface area contributed by atoms with Gasteiger partial charge in [-0.05, 0) is 38.7 Å². The van der Waals surface area contributed by atoms with E-state index in [-0.39, 0.29) is 6.04 Å². The Morgan fingerprint density at radius 2 is 2.22 bits per heavy atom. The van der Waals surface area contributed by atoms with Crippen molar-refractivity contribution in [3.63, 3.8) is 0 Å². The van der Waals surface area contributed by atoms with Crippen molar-refractivity contribution < 1.29 is 0 Å². The quantitative estimate of drug-likeness (QED) is 0.894. The number of thiazole rings is 1. The van der Waals surface area contributed by atoms with E-state index in [1.165, 1.54) is 5.56 Å². The molecule has 1 N–H and O–H groups in total. The maximum atomic E-state index is 4.33. The first-order chi connectivity index (χ1) is 8.65. The van der Waals surface area contributed by atoms with E-state index < -0.39 is 0 Å². The molecule has 0 aliphatic rings. The molecule has 0 bridgehead atoms. The predicted octanol–water partition coefficient (Wildman–Crippen LogP) is 3.38. The fourth-order valence-corrected chi connectivity index (χ4v) is 2.53. The maximum absolute atomic E-state index is 4.33. The summed E-state index contributed by atoms with van der Waals surface area (Å²) in [5.41, 5.74) is 5.43. The number of anilines is 1. The van der Waals surface area contributed by atoms with Crippen molar-refractivity contribution in [3.8, 4) is 0 Å². The lowest BCUT2D eigenvalue weighted by Gasteiger charge is -2.15. The van der Waals surface area contributed by atoms with E-state index in [0.29, 0.717) is 0 Å². The second-order valence-electron chi connectivity index (χ2n) is 4.72. The van der Waals surface area contributed by atoms with Gasteiger partial charge in [-0.1, -0.05) is 12.1 Å². The van der Waals surface area contributed by atoms with E-state index in [9.17, 15) is 0 Å². The third-order valence-corrected chi connectivity index (χ3v) is 3.31. The summed E-state index contributed by atoms with van der Waals surface area (Å²) in [5.74, 6) is 0. The standard InChI is InChI=1S/C14H19N3S/c1-11(14-9-18-10-15-14)16-13-6-4-5-12(7-13)8-17(2)3/h4-7,9-11,16H,8H2,1-3H3. The molecule has 0 saturated carbocycles. The first kappa shape index (κ1) is 13.1. The maximum Gasteiger partial charge on any atom is 0.0795 e. The highest BCUT2D eigenvalue weighted by Crippen LogP contribution is 2.20. The summed E-state index contributed by atoms with van der Waals surface area (Å²) in [6, 6.07) is 8.78. The molecule has 0 aliphatic heterocycles. The van der Waals surface area contributed by atoms with Crippen LogP contribution < -0.4 is 5.32 Å². The molecule has 0 fully saturated rings. The Kier molecular flexibility index (Phi) is 4.33. The Morgan fingerprint density at radius 1 is 1.39 bits per heavy atom. The lowest BCUT2D eigenvalue weighted by Crippen LogP contribution is -2.11. The summed E-state index contributed by atoms with van der Waals surface area (Å²) in [6.45, 7) is 3.09. The summed E-state index contributed by atoms with van der Waals surface area (Å²) in [4.78, 5) is 6.50. The van der Waals surface area contributed by atoms with Crippen LogP contribution in [0.1, 0.15) is 24.2 Å². The highest BCUT2D eigenvalue weighted by atomic mass is 32.1. The number of nitrogens with one attached hydrogen (secondary N) is 1. The first-order valence-corrected chi connectivity index (χ1v) is 6.97. The summed E-state index contributed by atoms with van der Waals surface area (Å²) in [5, 5.41) is 5.57. The zero-order chi connectivity index (χ0) is 13.0. The monoisotopic (exact) mass is 261 g/mol. The van der Waals surface area contributed by atoms with Crippen LogP contribution in [0.3, 0.4) is 0 Å². The van der Waals surface area contributed by atoms with Crippen molar-refractivity contribution in [2.24, 2.45) is 0 Å². The van der Waals surface area contributed by atoms with Crippen molar-refractivity contribution in [3.05, 3.63) is 46.4 Å². The van der Waals surface area contributed by atoms with Gasteiger partial charge in [0.15, 0.2) is 0 Å². The molecule has 0 aliphatic carbocycles. The Morgan fingerprint density at radius 3 is 2.89 bits per heavy atom. The number of rotatable bonds is 5. The smallest absolute Gasteiger partial charge is 0.0795 e. The van der Waals surface area contributed by atoms with Gasteiger partial charge >= 0.3 is 0 Å². The number of benzene rings is 1. The normalized spacial score (nSPS) is 12.7. The third-order valence-electron chi connectivity index (χ3n) is 2.70. The minimum absolute atomic E-state index is 0.242. The molecule has 0 amide bonds. The van der Waals surface area contributed by atoms with Crippen LogP contribution in [0.15, 0.2) is 35.2 Å². The van der Waals surface area contributed by atoms with Gasteiger partial charge in [-0.15, -0.1) is 11.3 Å². The highest BCUT2D eigenvalue weighted by molar-refractivity contribution is 7.07. The van der Waals surface area contributed by atoms with Crippen LogP contribution in [0.5, 0.6) is 0 Å². The number of hydrogen-bond acceptors (Lipinski definition) is 4. The molecular weight excluding hydrogens is 242 g/mol. The zero-order valence-electron chi connectivity index (χ0n) is 11.1. The lowest BCUT2D eigenvalue weighted by molar-refractivity contribution is 0.402. The van der Waals surface area contributed by atoms with Gasteiger partial charge in [0.1, 0.15) is 0 Å². The van der Waals surface area contributed by atoms with Crippen LogP contribution in [0, 0.1) is 0 Å². The van der Waals surface area contributed by atoms with Crippen LogP contribution in [-0.4, -0.2) is 24.0 Å². The van der Waals surface area contributed by atoms with Crippen molar-refractivity contribution in [1.29, 1.82) is 0 Å². The Hall–Kier alpha value is -1.39. The van der Waals surface area contributed by atoms with Gasteiger partial charge in [0.2, 0.25) is 0 Å². The molecule has 0 spiro atoms. The Bertz CT molecular complexity index is 480. The van der Waals surface area contributed by atoms with Crippen molar-refractivity contribution in [2.45, 2.75) is 19.5 Å². The number of hydrogen-bond donors (Lipinski definition) is 1. The molecule has 0 radical (unpaired) electrons. The summed E-state index contributed by atoms with van der Waals surface area (Å²) < 4.78 is 0. The van der Waals surface area contributed by atoms with E-state index in [4.69, 9.17) is 0 Å². The minimum Gasteiger partial charge on any atom is -0.377 e. The molecule has 2 aromatic rings. The zero-order valence-corrected chi connectivity index (χ0v) is 11.9. The summed E-state index contributed by atoms with van der Waals surface area (Å²) in [6.07, 6.45) is 0. The fraction of sp³-hybridized carbons (Fsp3) is 0.357. The molecule has 0 saturated heterocycles. The number of aromatic nitrogens is 1. The molecule has 1 atom stereocenters. The molecule has 1 aromatic heterocycles. The average molecular weight is 261 g/mol. The van der Waals surface area contributed by atoms with Crippen LogP contribution in [-0.2, 0) is 6.54 Å². The van der Waals surface area contributed by atoms with Gasteiger partial charge in [-0.25, -0.2) is 4.98 Å². The SMILES string of the molecule is CC(Nc1cccc(CN(C)C)c1)c1cscn1. The second kappa shape index (κ2) is 5.98. The summed E-state index contributed by atoms with van der Waals surface area (Å²) >= 11 is 1.63. The molecule has 18 heavy (non-hydrogen) atoms. The van der Waals surface area contributed by atoms with Gasteiger partial charge in [-0.3, -0.25) is 0 Å². The number of nitrogens with zero attached hydrogens (tertiary/aromatic N) is 2. The molecule has 1 unspecified atom stereocenters. The van der Waals surface area contributed by atoms with Gasteiger partial charge in [0.05, 0.1) is 17.2 Å². The highest BCUT2D eigenvalue weighted by Gasteiger charge is 2.07. The van der Waals surface area contributed by atoms with E-state index >= 15 is 0 Å². The van der Waals surface area contributed by atoms with Crippen LogP contribution in [0.2, 0.25) is 0 Å². The molecule has 4 heteroatoms. The fourth-order valence-electron chi connectivity index (χ4n) is 1.88. The van der Waals surface area contributed by atoms with E-state index in [1.807, 2.05) is 5.51 Å². The van der Waals surface area contributed by atoms with E-state index in [0.717, 1.165) is 17.9 Å². The molecule has 1 aromatic carbocycles. The van der Waals surface area contributed by atoms with Gasteiger partial charge in [-0.2, -0.15) is 0 Å². The molecule has 3 nitrogen and oxygen atoms in total. The van der Waals surface area contributed by atoms with E-state index in [1.54, 1.807) is 11.3 Å². The van der Waals surface area contributed by atoms with Crippen LogP contribution >= 0.6 is 11.3 Å². The van der Waals surface area contributed by atoms with E-state index in [2.05, 4.69) is 65.9 Å². The van der Waals surface area contributed by atoms with Crippen LogP contribution in [0.4, 0.5) is 5.69 Å². The molecule has 2 rings (SSSR count).